The van der Waals surface area contributed by atoms with Crippen LogP contribution in [0.25, 0.3) is 0 Å². The van der Waals surface area contributed by atoms with Crippen LogP contribution >= 0.6 is 0 Å². The number of hydrogen-bond donors (Lipinski definition) is 1. The normalized spacial score (nSPS) is 13.6. The Kier molecular flexibility index (Phi) is 6.18. The van der Waals surface area contributed by atoms with Crippen LogP contribution in [0.15, 0.2) is 0 Å². The molecule has 0 aromatic rings. The largest absolute Gasteiger partial charge is 0.334 e. The van der Waals surface area contributed by atoms with Gasteiger partial charge in [-0.3, -0.25) is 4.18 Å². The van der Waals surface area contributed by atoms with E-state index in [9.17, 15) is 8.76 Å². The molecule has 5 heteroatoms. The molecule has 0 aliphatic rings. The van der Waals surface area contributed by atoms with Crippen LogP contribution in [0.4, 0.5) is 0 Å². The third-order valence-corrected chi connectivity index (χ3v) is 1.11. The highest BCUT2D eigenvalue weighted by Gasteiger charge is 1.92. The Morgan fingerprint density at radius 3 is 2.78 bits per heavy atom. The van der Waals surface area contributed by atoms with Crippen molar-refractivity contribution in [1.29, 1.82) is 0 Å². The van der Waals surface area contributed by atoms with Crippen molar-refractivity contribution in [3.05, 3.63) is 0 Å². The van der Waals surface area contributed by atoms with E-state index in [-0.39, 0.29) is 6.61 Å². The molecule has 0 bridgehead atoms. The highest BCUT2D eigenvalue weighted by Crippen LogP contribution is 1.82. The number of hydrogen-bond acceptors (Lipinski definition) is 3. The second-order valence-electron chi connectivity index (χ2n) is 1.48. The summed E-state index contributed by atoms with van der Waals surface area (Å²) >= 11 is -2.35. The molecule has 1 radical (unpaired) electrons. The van der Waals surface area contributed by atoms with Gasteiger partial charge in [-0.25, -0.2) is 0 Å². The van der Waals surface area contributed by atoms with Crippen molar-refractivity contribution in [3.63, 3.8) is 0 Å². The highest BCUT2D eigenvalue weighted by atomic mass is 32.2. The zero-order chi connectivity index (χ0) is 7.11. The molecule has 0 heterocycles. The van der Waals surface area contributed by atoms with Gasteiger partial charge < -0.3 is 5.32 Å². The highest BCUT2D eigenvalue weighted by molar-refractivity contribution is 7.73. The Balaban J connectivity index is 2.83. The summed E-state index contributed by atoms with van der Waals surface area (Å²) in [6.45, 7) is 1.04. The first-order chi connectivity index (χ1) is 4.27. The van der Waals surface area contributed by atoms with Gasteiger partial charge in [-0.2, -0.15) is 4.21 Å². The van der Waals surface area contributed by atoms with Gasteiger partial charge in [0.15, 0.2) is 0 Å². The summed E-state index contributed by atoms with van der Waals surface area (Å²) in [6, 6.07) is 0. The van der Waals surface area contributed by atoms with E-state index in [0.717, 1.165) is 6.54 Å². The fourth-order valence-corrected chi connectivity index (χ4v) is 0.630. The molecule has 0 fully saturated rings. The zero-order valence-corrected chi connectivity index (χ0v) is 6.07. The van der Waals surface area contributed by atoms with Crippen LogP contribution in [-0.2, 0) is 20.1 Å². The Hall–Kier alpha value is 0.0300. The van der Waals surface area contributed by atoms with Crippen molar-refractivity contribution in [2.24, 2.45) is 0 Å². The van der Waals surface area contributed by atoms with E-state index in [2.05, 4.69) is 9.50 Å². The third-order valence-electron chi connectivity index (χ3n) is 0.751. The van der Waals surface area contributed by atoms with Crippen LogP contribution < -0.4 is 5.32 Å². The lowest BCUT2D eigenvalue weighted by atomic mass is 10.5. The molecule has 0 aliphatic carbocycles. The Morgan fingerprint density at radius 1 is 1.67 bits per heavy atom. The van der Waals surface area contributed by atoms with Crippen molar-refractivity contribution in [3.8, 4) is 0 Å². The molecular weight excluding hydrogens is 142 g/mol. The van der Waals surface area contributed by atoms with Crippen LogP contribution in [0.2, 0.25) is 0 Å². The van der Waals surface area contributed by atoms with E-state index in [1.165, 1.54) is 0 Å². The van der Waals surface area contributed by atoms with Gasteiger partial charge in [0, 0.05) is 0 Å². The van der Waals surface area contributed by atoms with Gasteiger partial charge in [0.2, 0.25) is 0 Å². The van der Waals surface area contributed by atoms with E-state index >= 15 is 0 Å². The summed E-state index contributed by atoms with van der Waals surface area (Å²) in [6.07, 6.45) is 0.713. The lowest BCUT2D eigenvalue weighted by molar-refractivity contribution is 0.279. The molecule has 55 valence electrons. The van der Waals surface area contributed by atoms with Gasteiger partial charge >= 0.3 is 11.4 Å². The molecule has 0 aliphatic heterocycles. The molecule has 0 aromatic heterocycles. The monoisotopic (exact) mass is 152 g/mol. The Bertz CT molecular complexity index is 87.9. The molecule has 1 unspecified atom stereocenters. The van der Waals surface area contributed by atoms with Crippen molar-refractivity contribution in [2.75, 3.05) is 20.2 Å². The Morgan fingerprint density at radius 2 is 2.33 bits per heavy atom. The summed E-state index contributed by atoms with van der Waals surface area (Å²) in [5, 5.41) is 2.86. The third kappa shape index (κ3) is 8.03. The zero-order valence-electron chi connectivity index (χ0n) is 5.25. The molecule has 0 aromatic carbocycles. The second-order valence-corrected chi connectivity index (χ2v) is 2.13. The van der Waals surface area contributed by atoms with Gasteiger partial charge in [0.05, 0.1) is 6.61 Å². The summed E-state index contributed by atoms with van der Waals surface area (Å²) in [5.74, 6) is 0. The maximum atomic E-state index is 9.72. The van der Waals surface area contributed by atoms with Gasteiger partial charge in [0.25, 0.3) is 0 Å². The molecule has 0 saturated heterocycles. The predicted octanol–water partition coefficient (Wildman–Crippen LogP) is -0.378. The second kappa shape index (κ2) is 6.15. The molecule has 1 atom stereocenters. The fourth-order valence-electron chi connectivity index (χ4n) is 0.376. The van der Waals surface area contributed by atoms with Crippen molar-refractivity contribution >= 4 is 11.4 Å². The smallest absolute Gasteiger partial charge is 0.320 e. The SMILES string of the molecule is CNCCCOS([O])=O. The van der Waals surface area contributed by atoms with Crippen molar-refractivity contribution in [2.45, 2.75) is 6.42 Å². The first kappa shape index (κ1) is 9.03. The predicted molar refractivity (Wildman–Crippen MR) is 33.3 cm³/mol. The van der Waals surface area contributed by atoms with Gasteiger partial charge in [-0.15, -0.1) is 0 Å². The molecule has 0 amide bonds. The van der Waals surface area contributed by atoms with Gasteiger partial charge in [0.1, 0.15) is 0 Å². The van der Waals surface area contributed by atoms with Crippen LogP contribution in [0.3, 0.4) is 0 Å². The van der Waals surface area contributed by atoms with Crippen LogP contribution in [-0.4, -0.2) is 24.4 Å². The molecule has 9 heavy (non-hydrogen) atoms. The molecule has 0 rings (SSSR count). The van der Waals surface area contributed by atoms with E-state index < -0.39 is 11.4 Å². The maximum Gasteiger partial charge on any atom is 0.334 e. The first-order valence-corrected chi connectivity index (χ1v) is 3.64. The molecule has 0 spiro atoms. The van der Waals surface area contributed by atoms with Gasteiger partial charge in [-0.05, 0) is 20.0 Å². The molecule has 4 nitrogen and oxygen atoms in total. The average molecular weight is 152 g/mol. The topological polar surface area (TPSA) is 58.2 Å². The summed E-state index contributed by atoms with van der Waals surface area (Å²) in [5.41, 5.74) is 0. The van der Waals surface area contributed by atoms with Crippen molar-refractivity contribution in [1.82, 2.24) is 5.32 Å². The van der Waals surface area contributed by atoms with E-state index in [1.807, 2.05) is 0 Å². The first-order valence-electron chi connectivity index (χ1n) is 2.64. The van der Waals surface area contributed by atoms with Crippen LogP contribution in [0.1, 0.15) is 6.42 Å². The number of nitrogens with one attached hydrogen (secondary N) is 1. The van der Waals surface area contributed by atoms with E-state index in [0.29, 0.717) is 6.42 Å². The summed E-state index contributed by atoms with van der Waals surface area (Å²) in [4.78, 5) is 0. The summed E-state index contributed by atoms with van der Waals surface area (Å²) < 4.78 is 23.7. The maximum absolute atomic E-state index is 9.72. The minimum Gasteiger partial charge on any atom is -0.320 e. The van der Waals surface area contributed by atoms with E-state index in [4.69, 9.17) is 0 Å². The minimum atomic E-state index is -2.35. The quantitative estimate of drug-likeness (QED) is 0.546. The average Bonchev–Trinajstić information content (AvgIpc) is 1.80. The van der Waals surface area contributed by atoms with Crippen LogP contribution in [0, 0.1) is 0 Å². The molecule has 0 saturated carbocycles. The minimum absolute atomic E-state index is 0.261. The molecule has 1 N–H and O–H groups in total. The standard InChI is InChI=1S/C4H10NO3S/c1-5-3-2-4-8-9(6)7/h5H,2-4H2,1H3. The number of rotatable bonds is 5. The van der Waals surface area contributed by atoms with Crippen LogP contribution in [0.5, 0.6) is 0 Å². The molecular formula is C4H10NO3S. The van der Waals surface area contributed by atoms with E-state index in [1.54, 1.807) is 7.05 Å². The Labute approximate surface area is 57.1 Å². The van der Waals surface area contributed by atoms with Crippen molar-refractivity contribution < 1.29 is 12.9 Å². The lowest BCUT2D eigenvalue weighted by Crippen LogP contribution is -2.10. The summed E-state index contributed by atoms with van der Waals surface area (Å²) in [7, 11) is 1.80. The lowest BCUT2D eigenvalue weighted by Gasteiger charge is -1.95. The van der Waals surface area contributed by atoms with Gasteiger partial charge in [-0.1, -0.05) is 4.55 Å². The fraction of sp³-hybridized carbons (Fsp3) is 1.00.